The van der Waals surface area contributed by atoms with Crippen LogP contribution in [0.25, 0.3) is 21.5 Å². The van der Waals surface area contributed by atoms with Gasteiger partial charge in [0.25, 0.3) is 0 Å². The summed E-state index contributed by atoms with van der Waals surface area (Å²) in [6, 6.07) is 26.5. The topological polar surface area (TPSA) is 61.4 Å². The number of hydrogen-bond acceptors (Lipinski definition) is 3. The van der Waals surface area contributed by atoms with Gasteiger partial charge in [-0.25, -0.2) is 0 Å². The van der Waals surface area contributed by atoms with E-state index in [-0.39, 0.29) is 29.1 Å². The van der Waals surface area contributed by atoms with Gasteiger partial charge in [-0.15, -0.1) is 0 Å². The van der Waals surface area contributed by atoms with Crippen LogP contribution in [0.1, 0.15) is 64.5 Å². The van der Waals surface area contributed by atoms with Gasteiger partial charge in [0, 0.05) is 60.6 Å². The van der Waals surface area contributed by atoms with E-state index in [0.29, 0.717) is 19.5 Å². The normalized spacial score (nSPS) is 17.1. The van der Waals surface area contributed by atoms with Gasteiger partial charge in [0.1, 0.15) is 7.05 Å². The zero-order valence-corrected chi connectivity index (χ0v) is 29.8. The third kappa shape index (κ3) is 6.46. The Morgan fingerprint density at radius 3 is 2.19 bits per heavy atom. The molecule has 4 aromatic rings. The zero-order valence-electron chi connectivity index (χ0n) is 29.0. The lowest BCUT2D eigenvalue weighted by atomic mass is 9.79. The molecular weight excluding hydrogens is 612 g/mol. The number of carbonyl (C=O) groups excluding carboxylic acids is 1. The standard InChI is InChI=1S/C42H48N4O.ClH/c1-41(2)36(45(5)34-25-23-30-16-11-13-18-32(30)39(34)41)20-8-6-9-21-37-42(3,4)40-33-19-14-12-17-31(33)24-26-35(40)46(37)29-15-7-10-22-38(47)44-28-27-43;/h6,8-9,11-14,16-21,23-26H,7,10,15,22,27-29,43H2,1-5H3;1H. The second-order valence-corrected chi connectivity index (χ2v) is 14.0. The van der Waals surface area contributed by atoms with E-state index in [2.05, 4.69) is 153 Å². The number of unbranched alkanes of at least 4 members (excludes halogenated alkanes) is 2. The molecule has 2 heterocycles. The Morgan fingerprint density at radius 1 is 0.812 bits per heavy atom. The predicted octanol–water partition coefficient (Wildman–Crippen LogP) is 5.43. The van der Waals surface area contributed by atoms with Gasteiger partial charge in [0.2, 0.25) is 11.6 Å². The molecule has 250 valence electrons. The van der Waals surface area contributed by atoms with Crippen molar-refractivity contribution in [3.8, 4) is 0 Å². The summed E-state index contributed by atoms with van der Waals surface area (Å²) >= 11 is 0. The van der Waals surface area contributed by atoms with Crippen LogP contribution in [0, 0.1) is 0 Å². The number of benzene rings is 4. The Kier molecular flexibility index (Phi) is 10.6. The molecule has 0 saturated heterocycles. The van der Waals surface area contributed by atoms with Crippen LogP contribution in [0.3, 0.4) is 0 Å². The van der Waals surface area contributed by atoms with Crippen molar-refractivity contribution >= 4 is 44.5 Å². The molecule has 48 heavy (non-hydrogen) atoms. The Hall–Kier alpha value is -4.19. The molecule has 0 radical (unpaired) electrons. The van der Waals surface area contributed by atoms with Crippen LogP contribution in [0.5, 0.6) is 0 Å². The highest BCUT2D eigenvalue weighted by Gasteiger charge is 2.44. The number of rotatable bonds is 11. The lowest BCUT2D eigenvalue weighted by Gasteiger charge is -2.27. The summed E-state index contributed by atoms with van der Waals surface area (Å²) in [7, 11) is 2.18. The molecule has 2 aliphatic rings. The smallest absolute Gasteiger partial charge is 0.220 e. The van der Waals surface area contributed by atoms with Gasteiger partial charge in [-0.3, -0.25) is 4.79 Å². The van der Waals surface area contributed by atoms with E-state index >= 15 is 0 Å². The first-order chi connectivity index (χ1) is 22.7. The molecule has 5 nitrogen and oxygen atoms in total. The zero-order chi connectivity index (χ0) is 33.2. The molecule has 3 N–H and O–H groups in total. The number of nitrogens with zero attached hydrogens (tertiary/aromatic N) is 2. The minimum absolute atomic E-state index is 0. The second-order valence-electron chi connectivity index (χ2n) is 14.0. The number of halogens is 1. The molecule has 1 amide bonds. The fourth-order valence-electron chi connectivity index (χ4n) is 7.86. The van der Waals surface area contributed by atoms with Crippen LogP contribution in [0.15, 0.2) is 109 Å². The van der Waals surface area contributed by atoms with Crippen molar-refractivity contribution in [2.45, 2.75) is 64.2 Å². The van der Waals surface area contributed by atoms with Crippen molar-refractivity contribution in [3.05, 3.63) is 120 Å². The third-order valence-electron chi connectivity index (χ3n) is 10.1. The summed E-state index contributed by atoms with van der Waals surface area (Å²) in [6.07, 6.45) is 14.6. The number of anilines is 1. The predicted molar refractivity (Wildman–Crippen MR) is 199 cm³/mol. The number of nitrogens with one attached hydrogen (secondary N) is 1. The lowest BCUT2D eigenvalue weighted by Crippen LogP contribution is -3.00. The average molecular weight is 661 g/mol. The first kappa shape index (κ1) is 35.1. The molecule has 0 aliphatic carbocycles. The summed E-state index contributed by atoms with van der Waals surface area (Å²) < 4.78 is 2.34. The molecule has 0 fully saturated rings. The largest absolute Gasteiger partial charge is 1.00 e. The first-order valence-corrected chi connectivity index (χ1v) is 17.1. The number of amides is 1. The summed E-state index contributed by atoms with van der Waals surface area (Å²) in [5.41, 5.74) is 13.2. The highest BCUT2D eigenvalue weighted by molar-refractivity contribution is 6.07. The Balaban J connectivity index is 0.00000451. The van der Waals surface area contributed by atoms with E-state index in [9.17, 15) is 4.79 Å². The van der Waals surface area contributed by atoms with Crippen LogP contribution >= 0.6 is 0 Å². The van der Waals surface area contributed by atoms with Crippen LogP contribution in [-0.2, 0) is 15.6 Å². The molecule has 4 aromatic carbocycles. The maximum atomic E-state index is 12.1. The molecule has 6 heteroatoms. The summed E-state index contributed by atoms with van der Waals surface area (Å²) in [4.78, 5) is 14.6. The molecule has 0 saturated carbocycles. The third-order valence-corrected chi connectivity index (χ3v) is 10.1. The van der Waals surface area contributed by atoms with E-state index < -0.39 is 0 Å². The van der Waals surface area contributed by atoms with Crippen molar-refractivity contribution in [3.63, 3.8) is 0 Å². The van der Waals surface area contributed by atoms with Gasteiger partial charge in [-0.2, -0.15) is 4.58 Å². The Morgan fingerprint density at radius 2 is 1.48 bits per heavy atom. The van der Waals surface area contributed by atoms with Crippen molar-refractivity contribution in [1.82, 2.24) is 5.32 Å². The van der Waals surface area contributed by atoms with Crippen molar-refractivity contribution in [2.24, 2.45) is 5.73 Å². The van der Waals surface area contributed by atoms with E-state index in [1.807, 2.05) is 0 Å². The first-order valence-electron chi connectivity index (χ1n) is 17.1. The fraction of sp³-hybridized carbons (Fsp3) is 0.333. The van der Waals surface area contributed by atoms with E-state index in [0.717, 1.165) is 25.8 Å². The minimum Gasteiger partial charge on any atom is -1.00 e. The van der Waals surface area contributed by atoms with Crippen LogP contribution in [0.4, 0.5) is 11.4 Å². The van der Waals surface area contributed by atoms with Gasteiger partial charge in [-0.1, -0.05) is 93.1 Å². The van der Waals surface area contributed by atoms with Gasteiger partial charge in [0.05, 0.1) is 5.41 Å². The average Bonchev–Trinajstić information content (AvgIpc) is 3.41. The maximum Gasteiger partial charge on any atom is 0.220 e. The van der Waals surface area contributed by atoms with Gasteiger partial charge >= 0.3 is 0 Å². The minimum atomic E-state index is -0.155. The van der Waals surface area contributed by atoms with Gasteiger partial charge in [0.15, 0.2) is 5.71 Å². The molecule has 6 rings (SSSR count). The highest BCUT2D eigenvalue weighted by atomic mass is 35.5. The molecular formula is C42H49ClN4O. The van der Waals surface area contributed by atoms with Gasteiger partial charge in [-0.05, 0) is 72.0 Å². The van der Waals surface area contributed by atoms with Crippen LogP contribution in [-0.4, -0.2) is 42.9 Å². The number of carbonyl (C=O) groups is 1. The summed E-state index contributed by atoms with van der Waals surface area (Å²) in [5, 5.41) is 8.09. The van der Waals surface area contributed by atoms with E-state index in [1.165, 1.54) is 55.5 Å². The van der Waals surface area contributed by atoms with Gasteiger partial charge < -0.3 is 28.4 Å². The summed E-state index contributed by atoms with van der Waals surface area (Å²) in [6.45, 7) is 11.3. The van der Waals surface area contributed by atoms with E-state index in [4.69, 9.17) is 5.73 Å². The number of hydrogen-bond donors (Lipinski definition) is 2. The molecule has 0 atom stereocenters. The van der Waals surface area contributed by atoms with Crippen LogP contribution in [0.2, 0.25) is 0 Å². The Bertz CT molecular complexity index is 1950. The number of fused-ring (bicyclic) bond motifs is 6. The molecule has 0 unspecified atom stereocenters. The maximum absolute atomic E-state index is 12.1. The molecule has 0 spiro atoms. The number of allylic oxidation sites excluding steroid dienone is 6. The van der Waals surface area contributed by atoms with Crippen molar-refractivity contribution < 1.29 is 21.8 Å². The molecule has 0 bridgehead atoms. The quantitative estimate of drug-likeness (QED) is 0.128. The van der Waals surface area contributed by atoms with Crippen molar-refractivity contribution in [1.29, 1.82) is 0 Å². The SMILES string of the molecule is C[N+]1=C(/C=C/C=C/C=C2/N(CCCCCC(=O)NCCN)c3ccc4ccccc4c3C2(C)C)C(C)(C)c2c1ccc1ccccc21.[Cl-]. The molecule has 2 aliphatic heterocycles. The summed E-state index contributed by atoms with van der Waals surface area (Å²) in [5.74, 6) is 0.0935. The lowest BCUT2D eigenvalue weighted by molar-refractivity contribution is -0.401. The molecule has 0 aromatic heterocycles. The Labute approximate surface area is 292 Å². The fourth-order valence-corrected chi connectivity index (χ4v) is 7.86. The van der Waals surface area contributed by atoms with Crippen molar-refractivity contribution in [2.75, 3.05) is 31.6 Å². The van der Waals surface area contributed by atoms with E-state index in [1.54, 1.807) is 0 Å². The monoisotopic (exact) mass is 660 g/mol. The number of nitrogens with two attached hydrogens (primary N) is 1. The van der Waals surface area contributed by atoms with Crippen LogP contribution < -0.4 is 28.4 Å². The second kappa shape index (κ2) is 14.5. The highest BCUT2D eigenvalue weighted by Crippen LogP contribution is 2.51.